The van der Waals surface area contributed by atoms with Gasteiger partial charge in [-0.25, -0.2) is 14.2 Å². The maximum Gasteiger partial charge on any atom is 0.331 e. The van der Waals surface area contributed by atoms with E-state index in [0.717, 1.165) is 10.6 Å². The van der Waals surface area contributed by atoms with Crippen molar-refractivity contribution in [2.24, 2.45) is 0 Å². The van der Waals surface area contributed by atoms with Gasteiger partial charge in [-0.1, -0.05) is 42.5 Å². The van der Waals surface area contributed by atoms with E-state index < -0.39 is 5.97 Å². The molecule has 0 aliphatic carbocycles. The average molecular weight is 339 g/mol. The van der Waals surface area contributed by atoms with Crippen LogP contribution in [-0.2, 0) is 16.1 Å². The quantitative estimate of drug-likeness (QED) is 0.499. The normalized spacial score (nSPS) is 10.9. The van der Waals surface area contributed by atoms with Crippen LogP contribution in [0.2, 0.25) is 0 Å². The molecule has 0 amide bonds. The highest BCUT2D eigenvalue weighted by atomic mass is 32.1. The van der Waals surface area contributed by atoms with E-state index in [2.05, 4.69) is 4.98 Å². The number of esters is 1. The van der Waals surface area contributed by atoms with Crippen molar-refractivity contribution in [3.63, 3.8) is 0 Å². The fraction of sp³-hybridized carbons (Fsp3) is 0.0526. The predicted octanol–water partition coefficient (Wildman–Crippen LogP) is 4.71. The van der Waals surface area contributed by atoms with Crippen molar-refractivity contribution in [1.29, 1.82) is 0 Å². The molecule has 24 heavy (non-hydrogen) atoms. The molecule has 0 unspecified atom stereocenters. The molecule has 0 fully saturated rings. The minimum atomic E-state index is -0.492. The van der Waals surface area contributed by atoms with Gasteiger partial charge in [0, 0.05) is 17.0 Å². The zero-order valence-electron chi connectivity index (χ0n) is 12.7. The maximum atomic E-state index is 13.0. The molecule has 2 aromatic carbocycles. The molecule has 0 aliphatic rings. The van der Waals surface area contributed by atoms with Gasteiger partial charge in [0.15, 0.2) is 0 Å². The monoisotopic (exact) mass is 339 g/mol. The average Bonchev–Trinajstić information content (AvgIpc) is 3.08. The van der Waals surface area contributed by atoms with Crippen LogP contribution in [0.3, 0.4) is 0 Å². The minimum absolute atomic E-state index is 0.107. The van der Waals surface area contributed by atoms with Crippen molar-refractivity contribution in [3.05, 3.63) is 83.1 Å². The van der Waals surface area contributed by atoms with Gasteiger partial charge in [0.1, 0.15) is 17.4 Å². The lowest BCUT2D eigenvalue weighted by Gasteiger charge is -1.99. The number of thiazole rings is 1. The van der Waals surface area contributed by atoms with Crippen molar-refractivity contribution in [2.75, 3.05) is 0 Å². The van der Waals surface area contributed by atoms with Crippen LogP contribution in [0, 0.1) is 5.82 Å². The minimum Gasteiger partial charge on any atom is -0.456 e. The van der Waals surface area contributed by atoms with Crippen molar-refractivity contribution in [3.8, 4) is 10.6 Å². The second kappa shape index (κ2) is 7.66. The molecule has 0 N–H and O–H groups in total. The maximum absolute atomic E-state index is 13.0. The molecule has 120 valence electrons. The highest BCUT2D eigenvalue weighted by Gasteiger charge is 2.06. The van der Waals surface area contributed by atoms with E-state index in [1.165, 1.54) is 35.6 Å². The molecule has 1 aromatic heterocycles. The Morgan fingerprint density at radius 2 is 2.00 bits per heavy atom. The number of halogens is 1. The van der Waals surface area contributed by atoms with E-state index >= 15 is 0 Å². The van der Waals surface area contributed by atoms with Crippen molar-refractivity contribution in [1.82, 2.24) is 4.98 Å². The van der Waals surface area contributed by atoms with Gasteiger partial charge in [0.2, 0.25) is 0 Å². The van der Waals surface area contributed by atoms with Gasteiger partial charge in [0.25, 0.3) is 0 Å². The second-order valence-corrected chi connectivity index (χ2v) is 5.86. The standard InChI is InChI=1S/C19H14FNO2S/c20-16-8-4-5-14(11-16)9-10-18(22)23-12-17-13-24-19(21-17)15-6-2-1-3-7-15/h1-11,13H,12H2/b10-9+. The number of aromatic nitrogens is 1. The molecule has 0 spiro atoms. The van der Waals surface area contributed by atoms with Crippen LogP contribution in [-0.4, -0.2) is 11.0 Å². The molecule has 0 saturated carbocycles. The summed E-state index contributed by atoms with van der Waals surface area (Å²) in [4.78, 5) is 16.2. The Labute approximate surface area is 143 Å². The fourth-order valence-corrected chi connectivity index (χ4v) is 2.86. The van der Waals surface area contributed by atoms with Crippen molar-refractivity contribution >= 4 is 23.4 Å². The van der Waals surface area contributed by atoms with Crippen molar-refractivity contribution in [2.45, 2.75) is 6.61 Å². The number of benzene rings is 2. The zero-order chi connectivity index (χ0) is 16.8. The van der Waals surface area contributed by atoms with E-state index in [4.69, 9.17) is 4.74 Å². The Kier molecular flexibility index (Phi) is 5.13. The van der Waals surface area contributed by atoms with Crippen LogP contribution >= 0.6 is 11.3 Å². The van der Waals surface area contributed by atoms with E-state index in [0.29, 0.717) is 11.3 Å². The summed E-state index contributed by atoms with van der Waals surface area (Å²) in [5.41, 5.74) is 2.34. The summed E-state index contributed by atoms with van der Waals surface area (Å²) in [7, 11) is 0. The van der Waals surface area contributed by atoms with Crippen LogP contribution in [0.15, 0.2) is 66.1 Å². The SMILES string of the molecule is O=C(/C=C/c1cccc(F)c1)OCc1csc(-c2ccccc2)n1. The smallest absolute Gasteiger partial charge is 0.331 e. The first-order valence-corrected chi connectivity index (χ1v) is 8.19. The summed E-state index contributed by atoms with van der Waals surface area (Å²) in [5.74, 6) is -0.838. The lowest BCUT2D eigenvalue weighted by atomic mass is 10.2. The van der Waals surface area contributed by atoms with E-state index in [-0.39, 0.29) is 12.4 Å². The topological polar surface area (TPSA) is 39.2 Å². The lowest BCUT2D eigenvalue weighted by Crippen LogP contribution is -2.00. The lowest BCUT2D eigenvalue weighted by molar-refractivity contribution is -0.139. The Balaban J connectivity index is 1.56. The number of rotatable bonds is 5. The summed E-state index contributed by atoms with van der Waals surface area (Å²) in [5, 5.41) is 2.75. The number of hydrogen-bond donors (Lipinski definition) is 0. The van der Waals surface area contributed by atoms with E-state index in [1.807, 2.05) is 35.7 Å². The third-order valence-corrected chi connectivity index (χ3v) is 4.14. The largest absolute Gasteiger partial charge is 0.456 e. The number of hydrogen-bond acceptors (Lipinski definition) is 4. The predicted molar refractivity (Wildman–Crippen MR) is 92.8 cm³/mol. The van der Waals surface area contributed by atoms with Crippen molar-refractivity contribution < 1.29 is 13.9 Å². The molecule has 1 heterocycles. The first-order valence-electron chi connectivity index (χ1n) is 7.31. The molecular formula is C19H14FNO2S. The van der Waals surface area contributed by atoms with Crippen LogP contribution in [0.4, 0.5) is 4.39 Å². The van der Waals surface area contributed by atoms with Gasteiger partial charge < -0.3 is 4.74 Å². The van der Waals surface area contributed by atoms with Crippen LogP contribution in [0.25, 0.3) is 16.6 Å². The van der Waals surface area contributed by atoms with Gasteiger partial charge in [0.05, 0.1) is 5.69 Å². The second-order valence-electron chi connectivity index (χ2n) is 5.01. The summed E-state index contributed by atoms with van der Waals surface area (Å²) in [6.07, 6.45) is 2.79. The highest BCUT2D eigenvalue weighted by molar-refractivity contribution is 7.13. The summed E-state index contributed by atoms with van der Waals surface area (Å²) < 4.78 is 18.2. The zero-order valence-corrected chi connectivity index (χ0v) is 13.5. The summed E-state index contributed by atoms with van der Waals surface area (Å²) >= 11 is 1.50. The Bertz CT molecular complexity index is 859. The molecule has 5 heteroatoms. The van der Waals surface area contributed by atoms with Gasteiger partial charge in [-0.3, -0.25) is 0 Å². The number of nitrogens with zero attached hydrogens (tertiary/aromatic N) is 1. The molecule has 3 aromatic rings. The number of ether oxygens (including phenoxy) is 1. The molecule has 0 radical (unpaired) electrons. The Morgan fingerprint density at radius 3 is 2.79 bits per heavy atom. The molecule has 0 bridgehead atoms. The van der Waals surface area contributed by atoms with Gasteiger partial charge in [-0.2, -0.15) is 0 Å². The molecule has 0 atom stereocenters. The summed E-state index contributed by atoms with van der Waals surface area (Å²) in [6.45, 7) is 0.107. The highest BCUT2D eigenvalue weighted by Crippen LogP contribution is 2.23. The first kappa shape index (κ1) is 16.1. The number of carbonyl (C=O) groups is 1. The van der Waals surface area contributed by atoms with Gasteiger partial charge in [-0.15, -0.1) is 11.3 Å². The van der Waals surface area contributed by atoms with Crippen LogP contribution < -0.4 is 0 Å². The Morgan fingerprint density at radius 1 is 1.17 bits per heavy atom. The third-order valence-electron chi connectivity index (χ3n) is 3.20. The number of carbonyl (C=O) groups excluding carboxylic acids is 1. The fourth-order valence-electron chi connectivity index (χ4n) is 2.05. The van der Waals surface area contributed by atoms with Gasteiger partial charge in [-0.05, 0) is 23.8 Å². The molecular weight excluding hydrogens is 325 g/mol. The van der Waals surface area contributed by atoms with E-state index in [9.17, 15) is 9.18 Å². The first-order chi connectivity index (χ1) is 11.7. The third kappa shape index (κ3) is 4.36. The van der Waals surface area contributed by atoms with Gasteiger partial charge >= 0.3 is 5.97 Å². The molecule has 3 rings (SSSR count). The van der Waals surface area contributed by atoms with Crippen LogP contribution in [0.1, 0.15) is 11.3 Å². The van der Waals surface area contributed by atoms with Crippen LogP contribution in [0.5, 0.6) is 0 Å². The molecule has 0 saturated heterocycles. The Hall–Kier alpha value is -2.79. The molecule has 3 nitrogen and oxygen atoms in total. The van der Waals surface area contributed by atoms with E-state index in [1.54, 1.807) is 12.1 Å². The summed E-state index contributed by atoms with van der Waals surface area (Å²) in [6, 6.07) is 15.8. The molecule has 0 aliphatic heterocycles.